The number of rotatable bonds is 3. The van der Waals surface area contributed by atoms with Crippen molar-refractivity contribution in [3.05, 3.63) is 0 Å². The van der Waals surface area contributed by atoms with Crippen molar-refractivity contribution in [1.82, 2.24) is 5.32 Å². The second-order valence-corrected chi connectivity index (χ2v) is 1.98. The molecule has 1 atom stereocenters. The number of hydrogen-bond donors (Lipinski definition) is 2. The number of nitrogens with one attached hydrogen (secondary N) is 1. The molecule has 11 heavy (non-hydrogen) atoms. The van der Waals surface area contributed by atoms with E-state index in [0.717, 1.165) is 0 Å². The second kappa shape index (κ2) is 4.54. The Morgan fingerprint density at radius 3 is 2.55 bits per heavy atom. The first-order chi connectivity index (χ1) is 5.07. The van der Waals surface area contributed by atoms with Gasteiger partial charge in [-0.3, -0.25) is 4.79 Å². The summed E-state index contributed by atoms with van der Waals surface area (Å²) >= 11 is 0. The molecule has 0 heterocycles. The van der Waals surface area contributed by atoms with Crippen molar-refractivity contribution in [2.75, 3.05) is 6.54 Å². The van der Waals surface area contributed by atoms with Gasteiger partial charge in [0, 0.05) is 6.54 Å². The van der Waals surface area contributed by atoms with Crippen LogP contribution in [0.3, 0.4) is 0 Å². The summed E-state index contributed by atoms with van der Waals surface area (Å²) in [7, 11) is 0. The zero-order valence-electron chi connectivity index (χ0n) is 6.59. The van der Waals surface area contributed by atoms with Gasteiger partial charge in [0.15, 0.2) is 6.10 Å². The Balaban J connectivity index is 3.66. The normalized spacial score (nSPS) is 11.8. The molecule has 0 saturated heterocycles. The van der Waals surface area contributed by atoms with Gasteiger partial charge in [-0.05, 0) is 13.8 Å². The molecule has 2 amide bonds. The molecule has 0 aliphatic heterocycles. The highest BCUT2D eigenvalue weighted by Gasteiger charge is 2.12. The molecule has 0 aliphatic rings. The van der Waals surface area contributed by atoms with Crippen molar-refractivity contribution in [2.24, 2.45) is 5.73 Å². The molecule has 64 valence electrons. The van der Waals surface area contributed by atoms with Gasteiger partial charge in [0.05, 0.1) is 0 Å². The molecule has 0 radical (unpaired) electrons. The van der Waals surface area contributed by atoms with Gasteiger partial charge in [0.1, 0.15) is 0 Å². The number of alkyl carbamates (subject to hydrolysis) is 1. The van der Waals surface area contributed by atoms with Crippen molar-refractivity contribution in [3.8, 4) is 0 Å². The van der Waals surface area contributed by atoms with Crippen LogP contribution in [-0.4, -0.2) is 24.6 Å². The average molecular weight is 160 g/mol. The number of carbonyl (C=O) groups is 2. The van der Waals surface area contributed by atoms with Crippen molar-refractivity contribution in [3.63, 3.8) is 0 Å². The van der Waals surface area contributed by atoms with Crippen LogP contribution in [-0.2, 0) is 9.53 Å². The molecular formula is C6H12N2O3. The van der Waals surface area contributed by atoms with Crippen LogP contribution < -0.4 is 11.1 Å². The van der Waals surface area contributed by atoms with Gasteiger partial charge in [-0.1, -0.05) is 0 Å². The van der Waals surface area contributed by atoms with Gasteiger partial charge in [-0.15, -0.1) is 0 Å². The topological polar surface area (TPSA) is 81.4 Å². The minimum absolute atomic E-state index is 0.463. The molecule has 5 heteroatoms. The van der Waals surface area contributed by atoms with E-state index >= 15 is 0 Å². The molecule has 0 aromatic heterocycles. The Hall–Kier alpha value is -1.26. The van der Waals surface area contributed by atoms with E-state index in [9.17, 15) is 9.59 Å². The molecule has 1 unspecified atom stereocenters. The summed E-state index contributed by atoms with van der Waals surface area (Å²) in [6.07, 6.45) is -1.50. The van der Waals surface area contributed by atoms with Gasteiger partial charge in [-0.25, -0.2) is 4.79 Å². The Kier molecular flexibility index (Phi) is 4.02. The molecule has 0 saturated carbocycles. The van der Waals surface area contributed by atoms with Gasteiger partial charge in [-0.2, -0.15) is 0 Å². The molecule has 3 N–H and O–H groups in total. The van der Waals surface area contributed by atoms with E-state index in [4.69, 9.17) is 5.73 Å². The first-order valence-electron chi connectivity index (χ1n) is 3.31. The van der Waals surface area contributed by atoms with Crippen molar-refractivity contribution < 1.29 is 14.3 Å². The van der Waals surface area contributed by atoms with Crippen LogP contribution in [0, 0.1) is 0 Å². The van der Waals surface area contributed by atoms with E-state index in [2.05, 4.69) is 10.1 Å². The number of hydrogen-bond acceptors (Lipinski definition) is 3. The molecule has 0 spiro atoms. The van der Waals surface area contributed by atoms with E-state index in [1.54, 1.807) is 6.92 Å². The van der Waals surface area contributed by atoms with E-state index in [-0.39, 0.29) is 0 Å². The van der Waals surface area contributed by atoms with E-state index in [1.807, 2.05) is 0 Å². The largest absolute Gasteiger partial charge is 0.436 e. The zero-order valence-corrected chi connectivity index (χ0v) is 6.59. The number of carbonyl (C=O) groups excluding carboxylic acids is 2. The van der Waals surface area contributed by atoms with Crippen LogP contribution in [0.15, 0.2) is 0 Å². The molecule has 5 nitrogen and oxygen atoms in total. The minimum atomic E-state index is -0.874. The van der Waals surface area contributed by atoms with Crippen molar-refractivity contribution in [1.29, 1.82) is 0 Å². The lowest BCUT2D eigenvalue weighted by molar-refractivity contribution is -0.125. The predicted octanol–water partition coefficient (Wildman–Crippen LogP) is -0.394. The molecule has 0 bridgehead atoms. The highest BCUT2D eigenvalue weighted by molar-refractivity contribution is 5.81. The molecule has 0 rings (SSSR count). The Morgan fingerprint density at radius 1 is 1.64 bits per heavy atom. The molecule has 0 fully saturated rings. The Labute approximate surface area is 64.9 Å². The highest BCUT2D eigenvalue weighted by Crippen LogP contribution is 1.88. The predicted molar refractivity (Wildman–Crippen MR) is 38.8 cm³/mol. The second-order valence-electron chi connectivity index (χ2n) is 1.98. The maximum Gasteiger partial charge on any atom is 0.407 e. The van der Waals surface area contributed by atoms with Crippen LogP contribution >= 0.6 is 0 Å². The van der Waals surface area contributed by atoms with Gasteiger partial charge < -0.3 is 15.8 Å². The standard InChI is InChI=1S/C6H12N2O3/c1-3-8-6(10)11-4(2)5(7)9/h4H,3H2,1-2H3,(H2,7,9)(H,8,10). The minimum Gasteiger partial charge on any atom is -0.436 e. The van der Waals surface area contributed by atoms with Gasteiger partial charge >= 0.3 is 6.09 Å². The third kappa shape index (κ3) is 4.19. The van der Waals surface area contributed by atoms with E-state index in [0.29, 0.717) is 6.54 Å². The average Bonchev–Trinajstić information content (AvgIpc) is 1.87. The highest BCUT2D eigenvalue weighted by atomic mass is 16.6. The van der Waals surface area contributed by atoms with Crippen LogP contribution in [0.1, 0.15) is 13.8 Å². The van der Waals surface area contributed by atoms with Crippen LogP contribution in [0.5, 0.6) is 0 Å². The monoisotopic (exact) mass is 160 g/mol. The summed E-state index contributed by atoms with van der Waals surface area (Å²) in [6.45, 7) is 3.62. The quantitative estimate of drug-likeness (QED) is 0.589. The number of ether oxygens (including phenoxy) is 1. The van der Waals surface area contributed by atoms with E-state index in [1.165, 1.54) is 6.92 Å². The summed E-state index contributed by atoms with van der Waals surface area (Å²) in [5.41, 5.74) is 4.84. The number of nitrogens with two attached hydrogens (primary N) is 1. The molecule has 0 aromatic carbocycles. The van der Waals surface area contributed by atoms with Crippen LogP contribution in [0.2, 0.25) is 0 Å². The Bertz CT molecular complexity index is 158. The number of primary amides is 1. The molecule has 0 aromatic rings. The fourth-order valence-electron chi connectivity index (χ4n) is 0.405. The SMILES string of the molecule is CCNC(=O)OC(C)C(N)=O. The lowest BCUT2D eigenvalue weighted by atomic mass is 10.4. The summed E-state index contributed by atoms with van der Waals surface area (Å²) in [5, 5.41) is 2.36. The maximum atomic E-state index is 10.6. The van der Waals surface area contributed by atoms with Crippen LogP contribution in [0.25, 0.3) is 0 Å². The lowest BCUT2D eigenvalue weighted by Gasteiger charge is -2.08. The van der Waals surface area contributed by atoms with Crippen molar-refractivity contribution in [2.45, 2.75) is 20.0 Å². The molecular weight excluding hydrogens is 148 g/mol. The smallest absolute Gasteiger partial charge is 0.407 e. The fraction of sp³-hybridized carbons (Fsp3) is 0.667. The molecule has 0 aliphatic carbocycles. The first kappa shape index (κ1) is 9.74. The summed E-state index contributed by atoms with van der Waals surface area (Å²) in [4.78, 5) is 21.0. The fourth-order valence-corrected chi connectivity index (χ4v) is 0.405. The van der Waals surface area contributed by atoms with Gasteiger partial charge in [0.25, 0.3) is 5.91 Å². The van der Waals surface area contributed by atoms with Gasteiger partial charge in [0.2, 0.25) is 0 Å². The third-order valence-electron chi connectivity index (χ3n) is 1.01. The maximum absolute atomic E-state index is 10.6. The summed E-state index contributed by atoms with van der Waals surface area (Å²) in [5.74, 6) is -0.656. The third-order valence-corrected chi connectivity index (χ3v) is 1.01. The first-order valence-corrected chi connectivity index (χ1v) is 3.31. The number of amides is 2. The summed E-state index contributed by atoms with van der Waals surface area (Å²) in [6, 6.07) is 0. The van der Waals surface area contributed by atoms with E-state index < -0.39 is 18.1 Å². The van der Waals surface area contributed by atoms with Crippen molar-refractivity contribution >= 4 is 12.0 Å². The lowest BCUT2D eigenvalue weighted by Crippen LogP contribution is -2.34. The Morgan fingerprint density at radius 2 is 2.18 bits per heavy atom. The van der Waals surface area contributed by atoms with Crippen LogP contribution in [0.4, 0.5) is 4.79 Å². The summed E-state index contributed by atoms with van der Waals surface area (Å²) < 4.78 is 4.53. The zero-order chi connectivity index (χ0) is 8.85.